The Hall–Kier alpha value is -4.20. The lowest BCUT2D eigenvalue weighted by Crippen LogP contribution is -2.32. The predicted molar refractivity (Wildman–Crippen MR) is 170 cm³/mol. The van der Waals surface area contributed by atoms with E-state index >= 15 is 0 Å². The van der Waals surface area contributed by atoms with E-state index in [2.05, 4.69) is 26.2 Å². The Bertz CT molecular complexity index is 1820. The minimum Gasteiger partial charge on any atom is -0.483 e. The van der Waals surface area contributed by atoms with Crippen LogP contribution < -0.4 is 19.8 Å². The van der Waals surface area contributed by atoms with Crippen molar-refractivity contribution in [2.24, 2.45) is 5.92 Å². The number of ether oxygens (including phenoxy) is 2. The van der Waals surface area contributed by atoms with E-state index in [1.807, 2.05) is 0 Å². The van der Waals surface area contributed by atoms with E-state index in [4.69, 9.17) is 9.47 Å². The van der Waals surface area contributed by atoms with Gasteiger partial charge >= 0.3 is 10.8 Å². The molecule has 3 amide bonds. The van der Waals surface area contributed by atoms with Gasteiger partial charge in [-0.3, -0.25) is 19.2 Å². The first kappa shape index (κ1) is 29.9. The summed E-state index contributed by atoms with van der Waals surface area (Å²) in [5.74, 6) is -2.79. The molecule has 6 rings (SSSR count). The van der Waals surface area contributed by atoms with E-state index < -0.39 is 29.0 Å². The molecule has 2 unspecified atom stereocenters. The number of benzene rings is 3. The van der Waals surface area contributed by atoms with Crippen LogP contribution in [0, 0.1) is 5.92 Å². The Labute approximate surface area is 267 Å². The zero-order chi connectivity index (χ0) is 31.0. The average Bonchev–Trinajstić information content (AvgIpc) is 3.51. The van der Waals surface area contributed by atoms with Gasteiger partial charge in [-0.1, -0.05) is 57.2 Å². The first-order valence-corrected chi connectivity index (χ1v) is 16.1. The van der Waals surface area contributed by atoms with Crippen LogP contribution in [0.3, 0.4) is 0 Å². The maximum atomic E-state index is 14.0. The maximum absolute atomic E-state index is 14.0. The van der Waals surface area contributed by atoms with Gasteiger partial charge < -0.3 is 19.8 Å². The number of para-hydroxylation sites is 1. The molecule has 0 saturated carbocycles. The molecule has 3 heterocycles. The fourth-order valence-corrected chi connectivity index (χ4v) is 8.21. The summed E-state index contributed by atoms with van der Waals surface area (Å²) in [6.07, 6.45) is 0. The molecule has 13 heteroatoms. The second-order valence-electron chi connectivity index (χ2n) is 9.91. The third-order valence-corrected chi connectivity index (χ3v) is 10.1. The van der Waals surface area contributed by atoms with Crippen molar-refractivity contribution in [3.63, 3.8) is 0 Å². The van der Waals surface area contributed by atoms with Crippen LogP contribution in [0.4, 0.5) is 11.4 Å². The van der Waals surface area contributed by atoms with Crippen LogP contribution in [-0.2, 0) is 19.1 Å². The van der Waals surface area contributed by atoms with Crippen molar-refractivity contribution >= 4 is 74.1 Å². The molecular formula is C31H24BrN3O7S2. The molecule has 224 valence electrons. The number of carbonyl (C=O) groups excluding carboxylic acids is 4. The van der Waals surface area contributed by atoms with Gasteiger partial charge in [0, 0.05) is 26.5 Å². The Kier molecular flexibility index (Phi) is 8.43. The lowest BCUT2D eigenvalue weighted by molar-refractivity contribution is -0.122. The number of carbonyl (C=O) groups is 4. The highest BCUT2D eigenvalue weighted by molar-refractivity contribution is 9.10. The number of halogens is 1. The number of imide groups is 1. The van der Waals surface area contributed by atoms with Gasteiger partial charge in [0.25, 0.3) is 5.91 Å². The van der Waals surface area contributed by atoms with Crippen LogP contribution in [-0.4, -0.2) is 47.1 Å². The fraction of sp³-hybridized carbons (Fsp3) is 0.194. The van der Waals surface area contributed by atoms with Crippen molar-refractivity contribution in [2.45, 2.75) is 23.1 Å². The number of esters is 1. The van der Waals surface area contributed by atoms with Gasteiger partial charge in [0.15, 0.2) is 6.61 Å². The smallest absolute Gasteiger partial charge is 0.338 e. The second-order valence-corrected chi connectivity index (χ2v) is 13.0. The Balaban J connectivity index is 1.28. The highest BCUT2D eigenvalue weighted by atomic mass is 79.9. The SMILES string of the molecule is CCOC(=O)c1ccc(NC(=O)COc2ccc(Br)cc2[C@H]2c3sc(=O)[nH]c3SC3C(=O)N(c4ccccc4)C(=O)C32)cc1. The van der Waals surface area contributed by atoms with E-state index in [-0.39, 0.29) is 29.9 Å². The summed E-state index contributed by atoms with van der Waals surface area (Å²) in [5.41, 5.74) is 1.87. The molecular weight excluding hydrogens is 670 g/mol. The lowest BCUT2D eigenvalue weighted by atomic mass is 9.82. The first-order valence-electron chi connectivity index (χ1n) is 13.6. The van der Waals surface area contributed by atoms with E-state index in [0.29, 0.717) is 42.6 Å². The molecule has 1 fully saturated rings. The number of aromatic amines is 1. The summed E-state index contributed by atoms with van der Waals surface area (Å²) in [6.45, 7) is 1.62. The van der Waals surface area contributed by atoms with Gasteiger partial charge in [0.2, 0.25) is 11.8 Å². The summed E-state index contributed by atoms with van der Waals surface area (Å²) in [4.78, 5) is 69.2. The molecule has 0 aliphatic carbocycles. The maximum Gasteiger partial charge on any atom is 0.338 e. The van der Waals surface area contributed by atoms with E-state index in [9.17, 15) is 24.0 Å². The van der Waals surface area contributed by atoms with Crippen molar-refractivity contribution in [3.8, 4) is 5.75 Å². The number of aromatic nitrogens is 1. The minimum absolute atomic E-state index is 0.258. The number of amides is 3. The molecule has 2 aliphatic rings. The summed E-state index contributed by atoms with van der Waals surface area (Å²) in [5, 5.41) is 2.51. The van der Waals surface area contributed by atoms with Crippen molar-refractivity contribution < 1.29 is 28.7 Å². The third-order valence-electron chi connectivity index (χ3n) is 7.18. The van der Waals surface area contributed by atoms with Crippen LogP contribution >= 0.6 is 39.0 Å². The minimum atomic E-state index is -0.810. The number of nitrogens with zero attached hydrogens (tertiary/aromatic N) is 1. The molecule has 3 aromatic carbocycles. The first-order chi connectivity index (χ1) is 21.2. The number of hydrogen-bond acceptors (Lipinski definition) is 9. The van der Waals surface area contributed by atoms with Gasteiger partial charge in [-0.2, -0.15) is 0 Å². The summed E-state index contributed by atoms with van der Waals surface area (Å²) < 4.78 is 11.7. The monoisotopic (exact) mass is 693 g/mol. The molecule has 4 aromatic rings. The highest BCUT2D eigenvalue weighted by Gasteiger charge is 2.56. The van der Waals surface area contributed by atoms with Crippen LogP contribution in [0.1, 0.15) is 33.6 Å². The van der Waals surface area contributed by atoms with Crippen molar-refractivity contribution in [2.75, 3.05) is 23.4 Å². The summed E-state index contributed by atoms with van der Waals surface area (Å²) in [6, 6.07) is 20.3. The molecule has 0 radical (unpaired) electrons. The summed E-state index contributed by atoms with van der Waals surface area (Å²) >= 11 is 5.69. The number of rotatable bonds is 8. The molecule has 0 spiro atoms. The third kappa shape index (κ3) is 5.70. The van der Waals surface area contributed by atoms with E-state index in [1.165, 1.54) is 16.7 Å². The molecule has 10 nitrogen and oxygen atoms in total. The van der Waals surface area contributed by atoms with E-state index in [0.717, 1.165) is 11.3 Å². The van der Waals surface area contributed by atoms with Gasteiger partial charge in [0.1, 0.15) is 11.0 Å². The highest BCUT2D eigenvalue weighted by Crippen LogP contribution is 2.54. The number of hydrogen-bond donors (Lipinski definition) is 2. The molecule has 44 heavy (non-hydrogen) atoms. The van der Waals surface area contributed by atoms with Crippen LogP contribution in [0.25, 0.3) is 0 Å². The largest absolute Gasteiger partial charge is 0.483 e. The molecule has 0 bridgehead atoms. The van der Waals surface area contributed by atoms with Gasteiger partial charge in [-0.05, 0) is 61.5 Å². The van der Waals surface area contributed by atoms with Gasteiger partial charge in [-0.25, -0.2) is 9.69 Å². The number of nitrogens with one attached hydrogen (secondary N) is 2. The van der Waals surface area contributed by atoms with E-state index in [1.54, 1.807) is 79.7 Å². The molecule has 1 aromatic heterocycles. The number of fused-ring (bicyclic) bond motifs is 2. The number of H-pyrrole nitrogens is 1. The zero-order valence-corrected chi connectivity index (χ0v) is 26.3. The summed E-state index contributed by atoms with van der Waals surface area (Å²) in [7, 11) is 0. The Morgan fingerprint density at radius 1 is 1.00 bits per heavy atom. The van der Waals surface area contributed by atoms with Crippen molar-refractivity contribution in [1.82, 2.24) is 4.98 Å². The second kappa shape index (κ2) is 12.4. The topological polar surface area (TPSA) is 135 Å². The fourth-order valence-electron chi connectivity index (χ4n) is 5.32. The molecule has 3 atom stereocenters. The zero-order valence-electron chi connectivity index (χ0n) is 23.1. The van der Waals surface area contributed by atoms with Crippen LogP contribution in [0.2, 0.25) is 0 Å². The molecule has 2 N–H and O–H groups in total. The van der Waals surface area contributed by atoms with Gasteiger partial charge in [0.05, 0.1) is 28.8 Å². The number of anilines is 2. The average molecular weight is 695 g/mol. The molecule has 2 aliphatic heterocycles. The quantitative estimate of drug-likeness (QED) is 0.190. The van der Waals surface area contributed by atoms with Crippen LogP contribution in [0.15, 0.2) is 87.1 Å². The predicted octanol–water partition coefficient (Wildman–Crippen LogP) is 5.19. The Morgan fingerprint density at radius 3 is 2.48 bits per heavy atom. The van der Waals surface area contributed by atoms with Crippen molar-refractivity contribution in [3.05, 3.63) is 103 Å². The lowest BCUT2D eigenvalue weighted by Gasteiger charge is -2.31. The van der Waals surface area contributed by atoms with Crippen LogP contribution in [0.5, 0.6) is 5.75 Å². The van der Waals surface area contributed by atoms with Crippen molar-refractivity contribution in [1.29, 1.82) is 0 Å². The standard InChI is InChI=1S/C31H24BrN3O7S2/c1-2-41-30(39)16-8-11-18(12-9-16)33-22(36)15-42-21-13-10-17(32)14-20(21)23-24-26(43-27-25(23)44-31(40)34-27)29(38)35(28(24)37)19-6-4-3-5-7-19/h3-14,23-24,26H,2,15H2,1H3,(H,33,36)(H,34,40)/t23-,24?,26?/m1/s1. The number of thiazole rings is 1. The van der Waals surface area contributed by atoms with Gasteiger partial charge in [-0.15, -0.1) is 0 Å². The Morgan fingerprint density at radius 2 is 1.75 bits per heavy atom. The molecule has 1 saturated heterocycles. The normalized spacial score (nSPS) is 18.9. The number of thioether (sulfide) groups is 1.